The highest BCUT2D eigenvalue weighted by Crippen LogP contribution is 2.29. The van der Waals surface area contributed by atoms with Crippen molar-refractivity contribution in [3.05, 3.63) is 65.0 Å². The molecule has 1 atom stereocenters. The van der Waals surface area contributed by atoms with Gasteiger partial charge in [0.25, 0.3) is 5.91 Å². The van der Waals surface area contributed by atoms with Gasteiger partial charge in [0.1, 0.15) is 34.0 Å². The summed E-state index contributed by atoms with van der Waals surface area (Å²) in [7, 11) is 0. The van der Waals surface area contributed by atoms with Crippen LogP contribution in [0.3, 0.4) is 0 Å². The molecule has 28 heavy (non-hydrogen) atoms. The van der Waals surface area contributed by atoms with E-state index in [2.05, 4.69) is 35.6 Å². The van der Waals surface area contributed by atoms with Gasteiger partial charge in [-0.3, -0.25) is 4.79 Å². The zero-order chi connectivity index (χ0) is 19.3. The topological polar surface area (TPSA) is 108 Å². The molecule has 1 aliphatic rings. The van der Waals surface area contributed by atoms with E-state index in [0.717, 1.165) is 0 Å². The number of aromatic nitrogens is 5. The van der Waals surface area contributed by atoms with Crippen molar-refractivity contribution in [1.29, 1.82) is 0 Å². The highest BCUT2D eigenvalue weighted by Gasteiger charge is 2.27. The molecule has 4 heterocycles. The Morgan fingerprint density at radius 3 is 2.64 bits per heavy atom. The average Bonchev–Trinajstić information content (AvgIpc) is 3.11. The van der Waals surface area contributed by atoms with Gasteiger partial charge in [0.2, 0.25) is 0 Å². The van der Waals surface area contributed by atoms with Crippen molar-refractivity contribution in [2.45, 2.75) is 6.17 Å². The number of hydrogen-bond acceptors (Lipinski definition) is 6. The van der Waals surface area contributed by atoms with Crippen LogP contribution >= 0.6 is 11.6 Å². The minimum atomic E-state index is -0.541. The number of carbonyl (C=O) groups is 1. The molecule has 5 rings (SSSR count). The molecule has 0 saturated heterocycles. The summed E-state index contributed by atoms with van der Waals surface area (Å²) in [4.78, 5) is 32.6. The molecule has 10 heteroatoms. The molecule has 4 aromatic rings. The van der Waals surface area contributed by atoms with Crippen LogP contribution < -0.4 is 10.6 Å². The molecule has 0 bridgehead atoms. The third-order valence-electron chi connectivity index (χ3n) is 4.39. The predicted octanol–water partition coefficient (Wildman–Crippen LogP) is 3.06. The smallest absolute Gasteiger partial charge is 0.258 e. The molecule has 1 aliphatic heterocycles. The fourth-order valence-electron chi connectivity index (χ4n) is 3.03. The minimum Gasteiger partial charge on any atom is -0.345 e. The van der Waals surface area contributed by atoms with E-state index in [1.165, 1.54) is 24.5 Å². The summed E-state index contributed by atoms with van der Waals surface area (Å²) in [5.41, 5.74) is 2.70. The van der Waals surface area contributed by atoms with Crippen LogP contribution in [-0.2, 0) is 0 Å². The van der Waals surface area contributed by atoms with E-state index in [1.54, 1.807) is 18.3 Å². The van der Waals surface area contributed by atoms with Crippen molar-refractivity contribution in [1.82, 2.24) is 30.2 Å². The Bertz CT molecular complexity index is 1220. The first-order chi connectivity index (χ1) is 13.6. The van der Waals surface area contributed by atoms with Gasteiger partial charge in [-0.05, 0) is 17.7 Å². The number of halogens is 2. The Labute approximate surface area is 162 Å². The SMILES string of the molecule is O=C1N[C@@H](c2ccc(F)cc2)Nc2nc(-c3c[nH]c4ncc(Cl)nc34)ncc21. The summed E-state index contributed by atoms with van der Waals surface area (Å²) >= 11 is 5.95. The normalized spacial score (nSPS) is 15.8. The number of H-pyrrole nitrogens is 1. The number of rotatable bonds is 2. The third kappa shape index (κ3) is 2.72. The maximum atomic E-state index is 13.2. The van der Waals surface area contributed by atoms with Gasteiger partial charge in [-0.2, -0.15) is 0 Å². The van der Waals surface area contributed by atoms with Crippen LogP contribution in [0.25, 0.3) is 22.6 Å². The summed E-state index contributed by atoms with van der Waals surface area (Å²) in [6, 6.07) is 5.85. The van der Waals surface area contributed by atoms with E-state index < -0.39 is 6.17 Å². The van der Waals surface area contributed by atoms with Crippen LogP contribution in [-0.4, -0.2) is 30.8 Å². The zero-order valence-electron chi connectivity index (χ0n) is 14.1. The van der Waals surface area contributed by atoms with Gasteiger partial charge in [-0.1, -0.05) is 23.7 Å². The van der Waals surface area contributed by atoms with Crippen molar-refractivity contribution in [3.63, 3.8) is 0 Å². The molecule has 138 valence electrons. The Hall–Kier alpha value is -3.59. The van der Waals surface area contributed by atoms with Gasteiger partial charge in [-0.15, -0.1) is 0 Å². The van der Waals surface area contributed by atoms with Crippen LogP contribution in [0.4, 0.5) is 10.2 Å². The highest BCUT2D eigenvalue weighted by atomic mass is 35.5. The van der Waals surface area contributed by atoms with Crippen LogP contribution in [0.5, 0.6) is 0 Å². The summed E-state index contributed by atoms with van der Waals surface area (Å²) in [6.45, 7) is 0. The van der Waals surface area contributed by atoms with E-state index in [9.17, 15) is 9.18 Å². The monoisotopic (exact) mass is 395 g/mol. The summed E-state index contributed by atoms with van der Waals surface area (Å²) in [6.07, 6.45) is 4.03. The number of nitrogens with zero attached hydrogens (tertiary/aromatic N) is 4. The number of amides is 1. The Morgan fingerprint density at radius 1 is 1.00 bits per heavy atom. The number of aromatic amines is 1. The van der Waals surface area contributed by atoms with Gasteiger partial charge >= 0.3 is 0 Å². The van der Waals surface area contributed by atoms with Gasteiger partial charge in [0.15, 0.2) is 11.5 Å². The molecular formula is C18H11ClFN7O. The first kappa shape index (κ1) is 16.6. The largest absolute Gasteiger partial charge is 0.345 e. The maximum absolute atomic E-state index is 13.2. The number of benzene rings is 1. The summed E-state index contributed by atoms with van der Waals surface area (Å²) in [5, 5.41) is 6.20. The number of anilines is 1. The second kappa shape index (κ2) is 6.24. The molecule has 0 spiro atoms. The Balaban J connectivity index is 1.56. The zero-order valence-corrected chi connectivity index (χ0v) is 14.8. The molecule has 0 unspecified atom stereocenters. The molecule has 0 aliphatic carbocycles. The van der Waals surface area contributed by atoms with Gasteiger partial charge in [-0.25, -0.2) is 24.3 Å². The third-order valence-corrected chi connectivity index (χ3v) is 4.57. The lowest BCUT2D eigenvalue weighted by atomic mass is 10.1. The van der Waals surface area contributed by atoms with Crippen molar-refractivity contribution in [3.8, 4) is 11.4 Å². The molecule has 3 aromatic heterocycles. The molecule has 1 aromatic carbocycles. The maximum Gasteiger partial charge on any atom is 0.258 e. The number of hydrogen-bond donors (Lipinski definition) is 3. The summed E-state index contributed by atoms with van der Waals surface area (Å²) < 4.78 is 13.2. The molecule has 0 saturated carbocycles. The second-order valence-corrected chi connectivity index (χ2v) is 6.54. The van der Waals surface area contributed by atoms with Gasteiger partial charge in [0, 0.05) is 12.4 Å². The van der Waals surface area contributed by atoms with Crippen molar-refractivity contribution >= 4 is 34.5 Å². The Kier molecular flexibility index (Phi) is 3.69. The fourth-order valence-corrected chi connectivity index (χ4v) is 3.16. The first-order valence-electron chi connectivity index (χ1n) is 8.28. The molecule has 0 fully saturated rings. The van der Waals surface area contributed by atoms with Crippen molar-refractivity contribution in [2.24, 2.45) is 0 Å². The Morgan fingerprint density at radius 2 is 1.82 bits per heavy atom. The molecule has 8 nitrogen and oxygen atoms in total. The highest BCUT2D eigenvalue weighted by molar-refractivity contribution is 6.29. The molecule has 3 N–H and O–H groups in total. The quantitative estimate of drug-likeness (QED) is 0.481. The lowest BCUT2D eigenvalue weighted by molar-refractivity contribution is 0.0934. The van der Waals surface area contributed by atoms with Crippen molar-refractivity contribution < 1.29 is 9.18 Å². The van der Waals surface area contributed by atoms with Crippen LogP contribution in [0, 0.1) is 5.82 Å². The standard InChI is InChI=1S/C18H11ClFN7O/c19-12-7-23-17-13(24-12)10(5-22-17)15-21-6-11-16(26-15)25-14(27-18(11)28)8-1-3-9(20)4-2-8/h1-7,14H,(H,22,23)(H,27,28)(H,21,25,26)/t14-/m0/s1. The summed E-state index contributed by atoms with van der Waals surface area (Å²) in [5.74, 6) is 0.0560. The average molecular weight is 396 g/mol. The van der Waals surface area contributed by atoms with Crippen molar-refractivity contribution in [2.75, 3.05) is 5.32 Å². The van der Waals surface area contributed by atoms with Crippen LogP contribution in [0.2, 0.25) is 5.15 Å². The molecule has 1 amide bonds. The molecule has 0 radical (unpaired) electrons. The van der Waals surface area contributed by atoms with Gasteiger partial charge in [0.05, 0.1) is 11.8 Å². The lowest BCUT2D eigenvalue weighted by Crippen LogP contribution is -2.39. The van der Waals surface area contributed by atoms with Crippen LogP contribution in [0.15, 0.2) is 42.9 Å². The number of fused-ring (bicyclic) bond motifs is 2. The van der Waals surface area contributed by atoms with E-state index in [-0.39, 0.29) is 16.9 Å². The first-order valence-corrected chi connectivity index (χ1v) is 8.66. The van der Waals surface area contributed by atoms with Gasteiger partial charge < -0.3 is 15.6 Å². The molecular weight excluding hydrogens is 385 g/mol. The second-order valence-electron chi connectivity index (χ2n) is 6.15. The lowest BCUT2D eigenvalue weighted by Gasteiger charge is -2.27. The number of carbonyl (C=O) groups excluding carboxylic acids is 1. The minimum absolute atomic E-state index is 0.250. The van der Waals surface area contributed by atoms with E-state index >= 15 is 0 Å². The van der Waals surface area contributed by atoms with E-state index in [4.69, 9.17) is 11.6 Å². The fraction of sp³-hybridized carbons (Fsp3) is 0.0556. The predicted molar refractivity (Wildman–Crippen MR) is 100 cm³/mol. The van der Waals surface area contributed by atoms with Crippen LogP contribution in [0.1, 0.15) is 22.1 Å². The number of nitrogens with one attached hydrogen (secondary N) is 3. The van der Waals surface area contributed by atoms with E-state index in [0.29, 0.717) is 39.5 Å². The van der Waals surface area contributed by atoms with E-state index in [1.807, 2.05) is 0 Å².